The van der Waals surface area contributed by atoms with Crippen LogP contribution in [0.2, 0.25) is 0 Å². The number of halogens is 1. The Morgan fingerprint density at radius 1 is 1.33 bits per heavy atom. The Hall–Kier alpha value is -1.11. The zero-order chi connectivity index (χ0) is 10.3. The Kier molecular flexibility index (Phi) is 2.12. The second kappa shape index (κ2) is 3.48. The lowest BCUT2D eigenvalue weighted by molar-refractivity contribution is 0.357. The number of fused-ring (bicyclic) bond motifs is 1. The van der Waals surface area contributed by atoms with Gasteiger partial charge < -0.3 is 9.26 Å². The summed E-state index contributed by atoms with van der Waals surface area (Å²) in [6.45, 7) is 0.764. The number of hydrogen-bond donors (Lipinski definition) is 0. The quantitative estimate of drug-likeness (QED) is 0.758. The van der Waals surface area contributed by atoms with E-state index >= 15 is 0 Å². The van der Waals surface area contributed by atoms with Gasteiger partial charge in [-0.15, -0.1) is 0 Å². The van der Waals surface area contributed by atoms with Crippen molar-refractivity contribution in [1.29, 1.82) is 0 Å². The molecular weight excluding hydrogens is 307 g/mol. The van der Waals surface area contributed by atoms with Crippen LogP contribution >= 0.6 is 22.6 Å². The number of rotatable bonds is 1. The third-order valence-corrected chi connectivity index (χ3v) is 2.78. The van der Waals surface area contributed by atoms with Crippen molar-refractivity contribution in [2.75, 3.05) is 6.61 Å². The molecule has 0 spiro atoms. The molecule has 3 rings (SSSR count). The van der Waals surface area contributed by atoms with E-state index in [0.29, 0.717) is 9.72 Å². The molecule has 0 unspecified atom stereocenters. The zero-order valence-corrected chi connectivity index (χ0v) is 9.89. The Morgan fingerprint density at radius 3 is 3.07 bits per heavy atom. The van der Waals surface area contributed by atoms with Crippen LogP contribution in [0.5, 0.6) is 5.75 Å². The highest BCUT2D eigenvalue weighted by atomic mass is 127. The van der Waals surface area contributed by atoms with Crippen LogP contribution in [-0.2, 0) is 6.42 Å². The lowest BCUT2D eigenvalue weighted by atomic mass is 10.1. The van der Waals surface area contributed by atoms with Crippen LogP contribution in [0.25, 0.3) is 11.5 Å². The highest BCUT2D eigenvalue weighted by Crippen LogP contribution is 2.29. The van der Waals surface area contributed by atoms with Crippen molar-refractivity contribution in [1.82, 2.24) is 10.1 Å². The van der Waals surface area contributed by atoms with Crippen molar-refractivity contribution in [3.05, 3.63) is 27.6 Å². The van der Waals surface area contributed by atoms with Gasteiger partial charge in [0.1, 0.15) is 5.75 Å². The van der Waals surface area contributed by atoms with Gasteiger partial charge in [0.15, 0.2) is 0 Å². The standard InChI is InChI=1S/C10H7IN2O2/c11-10-12-9(15-13-10)7-1-2-8-6(5-7)3-4-14-8/h1-2,5H,3-4H2. The Balaban J connectivity index is 2.06. The second-order valence-electron chi connectivity index (χ2n) is 3.29. The van der Waals surface area contributed by atoms with Crippen molar-refractivity contribution in [3.63, 3.8) is 0 Å². The Bertz CT molecular complexity index is 510. The summed E-state index contributed by atoms with van der Waals surface area (Å²) < 4.78 is 11.2. The van der Waals surface area contributed by atoms with E-state index in [4.69, 9.17) is 9.26 Å². The fourth-order valence-corrected chi connectivity index (χ4v) is 1.96. The van der Waals surface area contributed by atoms with Gasteiger partial charge >= 0.3 is 0 Å². The van der Waals surface area contributed by atoms with E-state index in [2.05, 4.69) is 10.1 Å². The van der Waals surface area contributed by atoms with Gasteiger partial charge in [-0.05, 0) is 23.8 Å². The van der Waals surface area contributed by atoms with Gasteiger partial charge in [0.05, 0.1) is 6.61 Å². The molecule has 76 valence electrons. The largest absolute Gasteiger partial charge is 0.493 e. The van der Waals surface area contributed by atoms with Crippen LogP contribution in [0.4, 0.5) is 0 Å². The molecule has 0 saturated carbocycles. The molecule has 2 heterocycles. The van der Waals surface area contributed by atoms with E-state index in [0.717, 1.165) is 24.3 Å². The fraction of sp³-hybridized carbons (Fsp3) is 0.200. The molecule has 1 aliphatic heterocycles. The van der Waals surface area contributed by atoms with Crippen molar-refractivity contribution < 1.29 is 9.26 Å². The number of nitrogens with zero attached hydrogens (tertiary/aromatic N) is 2. The minimum atomic E-state index is 0.564. The summed E-state index contributed by atoms with van der Waals surface area (Å²) in [5, 5.41) is 3.76. The summed E-state index contributed by atoms with van der Waals surface area (Å²) in [5.41, 5.74) is 2.16. The van der Waals surface area contributed by atoms with E-state index in [1.807, 2.05) is 40.8 Å². The molecule has 15 heavy (non-hydrogen) atoms. The summed E-state index contributed by atoms with van der Waals surface area (Å²) in [5.74, 6) is 1.53. The molecule has 0 radical (unpaired) electrons. The first kappa shape index (κ1) is 9.14. The van der Waals surface area contributed by atoms with Crippen LogP contribution in [0.1, 0.15) is 5.56 Å². The maximum absolute atomic E-state index is 5.43. The molecule has 5 heteroatoms. The molecule has 0 saturated heterocycles. The lowest BCUT2D eigenvalue weighted by Gasteiger charge is -1.99. The first-order valence-electron chi connectivity index (χ1n) is 4.58. The fourth-order valence-electron chi connectivity index (χ4n) is 1.64. The molecule has 0 N–H and O–H groups in total. The van der Waals surface area contributed by atoms with E-state index in [-0.39, 0.29) is 0 Å². The summed E-state index contributed by atoms with van der Waals surface area (Å²) in [7, 11) is 0. The first-order chi connectivity index (χ1) is 7.33. The maximum Gasteiger partial charge on any atom is 0.258 e. The van der Waals surface area contributed by atoms with E-state index < -0.39 is 0 Å². The van der Waals surface area contributed by atoms with Gasteiger partial charge in [0.2, 0.25) is 3.83 Å². The summed E-state index contributed by atoms with van der Waals surface area (Å²) in [6.07, 6.45) is 0.953. The smallest absolute Gasteiger partial charge is 0.258 e. The molecular formula is C10H7IN2O2. The van der Waals surface area contributed by atoms with Gasteiger partial charge in [-0.2, -0.15) is 4.98 Å². The molecule has 0 bridgehead atoms. The monoisotopic (exact) mass is 314 g/mol. The van der Waals surface area contributed by atoms with Gasteiger partial charge in [-0.25, -0.2) is 0 Å². The van der Waals surface area contributed by atoms with E-state index in [9.17, 15) is 0 Å². The predicted molar refractivity (Wildman–Crippen MR) is 61.7 cm³/mol. The minimum Gasteiger partial charge on any atom is -0.493 e. The molecule has 1 aromatic carbocycles. The van der Waals surface area contributed by atoms with Gasteiger partial charge in [0, 0.05) is 34.6 Å². The normalized spacial score (nSPS) is 13.7. The van der Waals surface area contributed by atoms with Crippen molar-refractivity contribution in [2.45, 2.75) is 6.42 Å². The highest BCUT2D eigenvalue weighted by molar-refractivity contribution is 14.1. The maximum atomic E-state index is 5.43. The first-order valence-corrected chi connectivity index (χ1v) is 5.66. The SMILES string of the molecule is Ic1noc(-c2ccc3c(c2)CCO3)n1. The molecule has 0 amide bonds. The zero-order valence-electron chi connectivity index (χ0n) is 7.74. The van der Waals surface area contributed by atoms with Crippen LogP contribution in [0, 0.1) is 3.83 Å². The van der Waals surface area contributed by atoms with Crippen LogP contribution < -0.4 is 4.74 Å². The molecule has 0 atom stereocenters. The van der Waals surface area contributed by atoms with Gasteiger partial charge in [-0.3, -0.25) is 0 Å². The molecule has 1 aliphatic rings. The Morgan fingerprint density at radius 2 is 2.27 bits per heavy atom. The topological polar surface area (TPSA) is 48.2 Å². The average molecular weight is 314 g/mol. The minimum absolute atomic E-state index is 0.564. The summed E-state index contributed by atoms with van der Waals surface area (Å²) in [4.78, 5) is 4.17. The van der Waals surface area contributed by atoms with Crippen LogP contribution in [0.3, 0.4) is 0 Å². The molecule has 2 aromatic rings. The number of ether oxygens (including phenoxy) is 1. The van der Waals surface area contributed by atoms with Crippen molar-refractivity contribution in [3.8, 4) is 17.2 Å². The third-order valence-electron chi connectivity index (χ3n) is 2.34. The third kappa shape index (κ3) is 1.60. The number of aromatic nitrogens is 2. The predicted octanol–water partition coefficient (Wildman–Crippen LogP) is 2.28. The van der Waals surface area contributed by atoms with Crippen LogP contribution in [-0.4, -0.2) is 16.7 Å². The second-order valence-corrected chi connectivity index (χ2v) is 4.25. The highest BCUT2D eigenvalue weighted by Gasteiger charge is 2.14. The lowest BCUT2D eigenvalue weighted by Crippen LogP contribution is -1.85. The number of hydrogen-bond acceptors (Lipinski definition) is 4. The van der Waals surface area contributed by atoms with Crippen molar-refractivity contribution >= 4 is 22.6 Å². The van der Waals surface area contributed by atoms with E-state index in [1.165, 1.54) is 5.56 Å². The Labute approximate surface area is 99.8 Å². The van der Waals surface area contributed by atoms with Gasteiger partial charge in [0.25, 0.3) is 5.89 Å². The summed E-state index contributed by atoms with van der Waals surface area (Å²) >= 11 is 2.02. The van der Waals surface area contributed by atoms with Crippen molar-refractivity contribution in [2.24, 2.45) is 0 Å². The molecule has 0 aliphatic carbocycles. The molecule has 1 aromatic heterocycles. The average Bonchev–Trinajstić information content (AvgIpc) is 2.84. The molecule has 4 nitrogen and oxygen atoms in total. The van der Waals surface area contributed by atoms with Crippen LogP contribution in [0.15, 0.2) is 22.7 Å². The number of benzene rings is 1. The van der Waals surface area contributed by atoms with Gasteiger partial charge in [-0.1, -0.05) is 5.16 Å². The molecule has 0 fully saturated rings. The summed E-state index contributed by atoms with van der Waals surface area (Å²) in [6, 6.07) is 5.94. The van der Waals surface area contributed by atoms with E-state index in [1.54, 1.807) is 0 Å².